The van der Waals surface area contributed by atoms with Gasteiger partial charge in [0.15, 0.2) is 11.6 Å². The molecule has 1 aromatic heterocycles. The number of aromatic nitrogens is 2. The third kappa shape index (κ3) is 5.13. The Morgan fingerprint density at radius 2 is 1.62 bits per heavy atom. The van der Waals surface area contributed by atoms with E-state index in [-0.39, 0.29) is 22.8 Å². The lowest BCUT2D eigenvalue weighted by molar-refractivity contribution is -0.117. The zero-order valence-electron chi connectivity index (χ0n) is 16.9. The minimum absolute atomic E-state index is 0.0311. The molecule has 0 saturated heterocycles. The zero-order valence-corrected chi connectivity index (χ0v) is 17.7. The standard InChI is InChI=1S/C21H19N5O5S/c1-12(27)26-32(30,31)16-8-2-13(3-9-16)10-18(28)19-20(22)24-11-17(25-19)14-4-6-15(7-5-14)21(23)29/h2-9,11H,10H2,1H3,(H2,22,24)(H2,23,29)(H,26,27). The maximum Gasteiger partial charge on any atom is 0.264 e. The molecule has 0 saturated carbocycles. The first-order valence-corrected chi connectivity index (χ1v) is 10.7. The number of nitrogens with zero attached hydrogens (tertiary/aromatic N) is 2. The topological polar surface area (TPSA) is 175 Å². The van der Waals surface area contributed by atoms with Gasteiger partial charge in [0.2, 0.25) is 11.8 Å². The summed E-state index contributed by atoms with van der Waals surface area (Å²) in [6.07, 6.45) is 1.32. The van der Waals surface area contributed by atoms with Crippen LogP contribution in [0.2, 0.25) is 0 Å². The fourth-order valence-electron chi connectivity index (χ4n) is 2.85. The van der Waals surface area contributed by atoms with Crippen LogP contribution in [0, 0.1) is 0 Å². The number of benzene rings is 2. The number of nitrogens with one attached hydrogen (secondary N) is 1. The third-order valence-electron chi connectivity index (χ3n) is 4.41. The van der Waals surface area contributed by atoms with Gasteiger partial charge in [-0.25, -0.2) is 23.1 Å². The molecular formula is C21H19N5O5S. The van der Waals surface area contributed by atoms with Crippen molar-refractivity contribution >= 4 is 33.4 Å². The molecule has 0 bridgehead atoms. The maximum absolute atomic E-state index is 12.8. The first-order valence-electron chi connectivity index (χ1n) is 9.25. The summed E-state index contributed by atoms with van der Waals surface area (Å²) in [6.45, 7) is 1.09. The highest BCUT2D eigenvalue weighted by molar-refractivity contribution is 7.90. The molecule has 0 atom stereocenters. The van der Waals surface area contributed by atoms with Crippen molar-refractivity contribution < 1.29 is 22.8 Å². The van der Waals surface area contributed by atoms with Crippen LogP contribution in [0.1, 0.15) is 33.3 Å². The number of Topliss-reactive ketones (excluding diaryl/α,β-unsaturated/α-hetero) is 1. The summed E-state index contributed by atoms with van der Waals surface area (Å²) in [6, 6.07) is 11.8. The zero-order chi connectivity index (χ0) is 23.5. The van der Waals surface area contributed by atoms with Crippen molar-refractivity contribution in [1.82, 2.24) is 14.7 Å². The van der Waals surface area contributed by atoms with E-state index in [0.717, 1.165) is 6.92 Å². The van der Waals surface area contributed by atoms with Gasteiger partial charge < -0.3 is 11.5 Å². The molecule has 0 spiro atoms. The molecule has 0 radical (unpaired) electrons. The molecule has 2 amide bonds. The van der Waals surface area contributed by atoms with Crippen LogP contribution >= 0.6 is 0 Å². The van der Waals surface area contributed by atoms with E-state index in [1.54, 1.807) is 12.1 Å². The number of hydrogen-bond acceptors (Lipinski definition) is 8. The number of rotatable bonds is 7. The monoisotopic (exact) mass is 453 g/mol. The molecule has 164 valence electrons. The van der Waals surface area contributed by atoms with Crippen molar-refractivity contribution in [2.24, 2.45) is 5.73 Å². The molecule has 11 heteroatoms. The molecule has 0 aliphatic heterocycles. The second-order valence-corrected chi connectivity index (χ2v) is 8.52. The van der Waals surface area contributed by atoms with Crippen LogP contribution in [0.15, 0.2) is 59.6 Å². The van der Waals surface area contributed by atoms with Gasteiger partial charge in [-0.3, -0.25) is 14.4 Å². The second kappa shape index (κ2) is 8.94. The number of primary amides is 1. The number of carbonyl (C=O) groups is 3. The van der Waals surface area contributed by atoms with Crippen molar-refractivity contribution in [3.63, 3.8) is 0 Å². The van der Waals surface area contributed by atoms with E-state index in [1.165, 1.54) is 42.6 Å². The van der Waals surface area contributed by atoms with Crippen LogP contribution in [-0.4, -0.2) is 36.0 Å². The van der Waals surface area contributed by atoms with Crippen molar-refractivity contribution in [1.29, 1.82) is 0 Å². The van der Waals surface area contributed by atoms with Crippen LogP contribution in [0.3, 0.4) is 0 Å². The van der Waals surface area contributed by atoms with Crippen LogP contribution in [0.25, 0.3) is 11.3 Å². The highest BCUT2D eigenvalue weighted by Crippen LogP contribution is 2.20. The van der Waals surface area contributed by atoms with Gasteiger partial charge in [-0.2, -0.15) is 0 Å². The van der Waals surface area contributed by atoms with Crippen LogP contribution in [0.4, 0.5) is 5.82 Å². The van der Waals surface area contributed by atoms with Crippen LogP contribution in [-0.2, 0) is 21.2 Å². The van der Waals surface area contributed by atoms with Gasteiger partial charge in [-0.15, -0.1) is 0 Å². The van der Waals surface area contributed by atoms with E-state index >= 15 is 0 Å². The number of anilines is 1. The molecule has 0 fully saturated rings. The van der Waals surface area contributed by atoms with E-state index in [1.807, 2.05) is 4.72 Å². The molecule has 5 N–H and O–H groups in total. The molecule has 0 aliphatic rings. The molecule has 3 rings (SSSR count). The Hall–Kier alpha value is -4.12. The Balaban J connectivity index is 1.81. The number of ketones is 1. The SMILES string of the molecule is CC(=O)NS(=O)(=O)c1ccc(CC(=O)c2nc(-c3ccc(C(N)=O)cc3)cnc2N)cc1. The highest BCUT2D eigenvalue weighted by atomic mass is 32.2. The van der Waals surface area contributed by atoms with Gasteiger partial charge in [0.1, 0.15) is 5.69 Å². The van der Waals surface area contributed by atoms with Crippen LogP contribution < -0.4 is 16.2 Å². The lowest BCUT2D eigenvalue weighted by Crippen LogP contribution is -2.28. The Labute approximate surface area is 183 Å². The number of nitrogen functional groups attached to an aromatic ring is 1. The van der Waals surface area contributed by atoms with E-state index < -0.39 is 27.6 Å². The molecule has 10 nitrogen and oxygen atoms in total. The summed E-state index contributed by atoms with van der Waals surface area (Å²) in [5, 5.41) is 0. The van der Waals surface area contributed by atoms with Crippen molar-refractivity contribution in [3.8, 4) is 11.3 Å². The summed E-state index contributed by atoms with van der Waals surface area (Å²) >= 11 is 0. The number of amides is 2. The average molecular weight is 453 g/mol. The Morgan fingerprint density at radius 3 is 2.19 bits per heavy atom. The maximum atomic E-state index is 12.8. The van der Waals surface area contributed by atoms with E-state index in [4.69, 9.17) is 11.5 Å². The molecule has 0 aliphatic carbocycles. The molecule has 32 heavy (non-hydrogen) atoms. The number of nitrogens with two attached hydrogens (primary N) is 2. The summed E-state index contributed by atoms with van der Waals surface area (Å²) in [4.78, 5) is 43.2. The smallest absolute Gasteiger partial charge is 0.264 e. The molecule has 0 unspecified atom stereocenters. The molecular weight excluding hydrogens is 434 g/mol. The lowest BCUT2D eigenvalue weighted by Gasteiger charge is -2.08. The van der Waals surface area contributed by atoms with Crippen molar-refractivity contribution in [3.05, 3.63) is 71.5 Å². The lowest BCUT2D eigenvalue weighted by atomic mass is 10.1. The third-order valence-corrected chi connectivity index (χ3v) is 5.86. The summed E-state index contributed by atoms with van der Waals surface area (Å²) in [5.41, 5.74) is 12.9. The van der Waals surface area contributed by atoms with Crippen LogP contribution in [0.5, 0.6) is 0 Å². The fraction of sp³-hybridized carbons (Fsp3) is 0.0952. The summed E-state index contributed by atoms with van der Waals surface area (Å²) in [5.74, 6) is -1.73. The van der Waals surface area contributed by atoms with Gasteiger partial charge in [0.25, 0.3) is 10.0 Å². The van der Waals surface area contributed by atoms with E-state index in [2.05, 4.69) is 9.97 Å². The first kappa shape index (κ1) is 22.6. The van der Waals surface area contributed by atoms with Crippen molar-refractivity contribution in [2.45, 2.75) is 18.2 Å². The summed E-state index contributed by atoms with van der Waals surface area (Å²) in [7, 11) is -3.96. The van der Waals surface area contributed by atoms with Gasteiger partial charge in [-0.1, -0.05) is 24.3 Å². The minimum atomic E-state index is -3.96. The Bertz CT molecular complexity index is 1300. The first-order chi connectivity index (χ1) is 15.1. The predicted molar refractivity (Wildman–Crippen MR) is 116 cm³/mol. The largest absolute Gasteiger partial charge is 0.382 e. The quantitative estimate of drug-likeness (QED) is 0.445. The highest BCUT2D eigenvalue weighted by Gasteiger charge is 2.18. The van der Waals surface area contributed by atoms with E-state index in [0.29, 0.717) is 22.4 Å². The van der Waals surface area contributed by atoms with Gasteiger partial charge in [-0.05, 0) is 29.8 Å². The van der Waals surface area contributed by atoms with Gasteiger partial charge >= 0.3 is 0 Å². The minimum Gasteiger partial charge on any atom is -0.382 e. The normalized spacial score (nSPS) is 11.0. The van der Waals surface area contributed by atoms with Gasteiger partial charge in [0, 0.05) is 24.5 Å². The Morgan fingerprint density at radius 1 is 1.00 bits per heavy atom. The number of sulfonamides is 1. The second-order valence-electron chi connectivity index (χ2n) is 6.84. The summed E-state index contributed by atoms with van der Waals surface area (Å²) < 4.78 is 25.9. The molecule has 3 aromatic rings. The molecule has 1 heterocycles. The molecule has 2 aromatic carbocycles. The Kier molecular flexibility index (Phi) is 6.30. The van der Waals surface area contributed by atoms with Crippen molar-refractivity contribution in [2.75, 3.05) is 5.73 Å². The van der Waals surface area contributed by atoms with Gasteiger partial charge in [0.05, 0.1) is 16.8 Å². The number of carbonyl (C=O) groups excluding carboxylic acids is 3. The average Bonchev–Trinajstić information content (AvgIpc) is 2.73. The number of hydrogen-bond donors (Lipinski definition) is 3. The van der Waals surface area contributed by atoms with E-state index in [9.17, 15) is 22.8 Å². The fourth-order valence-corrected chi connectivity index (χ4v) is 3.84. The predicted octanol–water partition coefficient (Wildman–Crippen LogP) is 1.07.